The maximum Gasteiger partial charge on any atom is 0.291 e. The number of benzene rings is 3. The van der Waals surface area contributed by atoms with Crippen molar-refractivity contribution in [2.24, 2.45) is 0 Å². The van der Waals surface area contributed by atoms with Gasteiger partial charge >= 0.3 is 0 Å². The summed E-state index contributed by atoms with van der Waals surface area (Å²) in [4.78, 5) is 45.6. The first kappa shape index (κ1) is 23.7. The molecule has 4 aromatic rings. The van der Waals surface area contributed by atoms with Crippen molar-refractivity contribution >= 4 is 28.5 Å². The van der Waals surface area contributed by atoms with Crippen molar-refractivity contribution in [2.75, 3.05) is 18.1 Å². The molecule has 0 N–H and O–H groups in total. The van der Waals surface area contributed by atoms with Crippen LogP contribution < -0.4 is 10.3 Å². The first-order valence-electron chi connectivity index (χ1n) is 12.8. The van der Waals surface area contributed by atoms with Crippen molar-refractivity contribution in [1.82, 2.24) is 4.90 Å². The number of anilines is 1. The highest BCUT2D eigenvalue weighted by Gasteiger charge is 2.65. The van der Waals surface area contributed by atoms with Gasteiger partial charge in [0, 0.05) is 18.7 Å². The highest BCUT2D eigenvalue weighted by Crippen LogP contribution is 2.53. The lowest BCUT2D eigenvalue weighted by molar-refractivity contribution is -0.126. The van der Waals surface area contributed by atoms with Gasteiger partial charge in [-0.15, -0.1) is 0 Å². The van der Waals surface area contributed by atoms with Crippen molar-refractivity contribution < 1.29 is 27.5 Å². The van der Waals surface area contributed by atoms with Gasteiger partial charge in [0.25, 0.3) is 11.8 Å². The van der Waals surface area contributed by atoms with Crippen LogP contribution in [0.15, 0.2) is 75.9 Å². The van der Waals surface area contributed by atoms with Crippen LogP contribution in [0.25, 0.3) is 11.0 Å². The van der Waals surface area contributed by atoms with E-state index < -0.39 is 34.4 Å². The van der Waals surface area contributed by atoms with Gasteiger partial charge < -0.3 is 19.0 Å². The van der Waals surface area contributed by atoms with E-state index in [0.29, 0.717) is 29.8 Å². The van der Waals surface area contributed by atoms with E-state index in [-0.39, 0.29) is 41.5 Å². The zero-order valence-electron chi connectivity index (χ0n) is 20.7. The summed E-state index contributed by atoms with van der Waals surface area (Å²) in [7, 11) is 0. The van der Waals surface area contributed by atoms with Crippen molar-refractivity contribution in [3.05, 3.63) is 111 Å². The molecule has 9 heteroatoms. The summed E-state index contributed by atoms with van der Waals surface area (Å²) in [6.45, 7) is 0.689. The molecule has 0 saturated carbocycles. The Bertz CT molecular complexity index is 1730. The molecule has 1 aromatic heterocycles. The SMILES string of the molecule is O=C1c2oc3ccc(F)cc3c(=O)c2C2(C(=O)N(Cc3ccc(F)cc3)c3ccccc32)N1CC1CCCO1. The molecule has 0 radical (unpaired) electrons. The number of hydrogen-bond donors (Lipinski definition) is 0. The second kappa shape index (κ2) is 8.57. The van der Waals surface area contributed by atoms with Gasteiger partial charge in [-0.25, -0.2) is 8.78 Å². The number of halogens is 2. The van der Waals surface area contributed by atoms with Crippen molar-refractivity contribution in [2.45, 2.75) is 31.0 Å². The van der Waals surface area contributed by atoms with Crippen LogP contribution in [0.5, 0.6) is 0 Å². The van der Waals surface area contributed by atoms with E-state index >= 15 is 0 Å². The molecule has 1 fully saturated rings. The van der Waals surface area contributed by atoms with Gasteiger partial charge in [-0.05, 0) is 54.8 Å². The molecule has 1 spiro atoms. The van der Waals surface area contributed by atoms with Gasteiger partial charge in [-0.2, -0.15) is 0 Å². The Morgan fingerprint density at radius 3 is 2.49 bits per heavy atom. The molecular formula is C30H22F2N2O5. The summed E-state index contributed by atoms with van der Waals surface area (Å²) in [6.07, 6.45) is 1.18. The number of amides is 2. The highest BCUT2D eigenvalue weighted by molar-refractivity contribution is 6.17. The Morgan fingerprint density at radius 2 is 1.72 bits per heavy atom. The average molecular weight is 529 g/mol. The number of carbonyl (C=O) groups excluding carboxylic acids is 2. The summed E-state index contributed by atoms with van der Waals surface area (Å²) >= 11 is 0. The molecule has 0 bridgehead atoms. The molecule has 39 heavy (non-hydrogen) atoms. The standard InChI is InChI=1S/C30H22F2N2O5/c31-18-9-7-17(8-10-18)15-33-23-6-2-1-5-22(23)30(29(33)37)25-26(35)21-14-19(32)11-12-24(21)39-27(25)28(36)34(30)16-20-4-3-13-38-20/h1-2,5-12,14,20H,3-4,13,15-16H2. The average Bonchev–Trinajstić information content (AvgIpc) is 3.60. The van der Waals surface area contributed by atoms with Crippen LogP contribution in [-0.4, -0.2) is 36.0 Å². The molecule has 3 aliphatic heterocycles. The van der Waals surface area contributed by atoms with Crippen LogP contribution >= 0.6 is 0 Å². The van der Waals surface area contributed by atoms with Gasteiger partial charge in [0.15, 0.2) is 11.0 Å². The van der Waals surface area contributed by atoms with Gasteiger partial charge in [0.1, 0.15) is 17.2 Å². The summed E-state index contributed by atoms with van der Waals surface area (Å²) in [6, 6.07) is 16.3. The smallest absolute Gasteiger partial charge is 0.291 e. The number of nitrogens with zero attached hydrogens (tertiary/aromatic N) is 2. The molecular weight excluding hydrogens is 506 g/mol. The van der Waals surface area contributed by atoms with E-state index in [1.165, 1.54) is 28.0 Å². The summed E-state index contributed by atoms with van der Waals surface area (Å²) in [5.41, 5.74) is -0.892. The summed E-state index contributed by atoms with van der Waals surface area (Å²) in [5.74, 6) is -2.39. The normalized spacial score (nSPS) is 21.8. The molecule has 1 saturated heterocycles. The van der Waals surface area contributed by atoms with E-state index in [1.54, 1.807) is 36.4 Å². The van der Waals surface area contributed by atoms with Gasteiger partial charge in [0.05, 0.1) is 29.3 Å². The first-order chi connectivity index (χ1) is 18.9. The largest absolute Gasteiger partial charge is 0.450 e. The van der Waals surface area contributed by atoms with E-state index in [9.17, 15) is 23.2 Å². The second-order valence-corrected chi connectivity index (χ2v) is 10.1. The quantitative estimate of drug-likeness (QED) is 0.390. The maximum absolute atomic E-state index is 14.7. The Morgan fingerprint density at radius 1 is 0.949 bits per heavy atom. The number of carbonyl (C=O) groups is 2. The lowest BCUT2D eigenvalue weighted by Crippen LogP contribution is -2.55. The topological polar surface area (TPSA) is 80.1 Å². The molecule has 196 valence electrons. The molecule has 3 aromatic carbocycles. The highest BCUT2D eigenvalue weighted by atomic mass is 19.1. The van der Waals surface area contributed by atoms with Crippen molar-refractivity contribution in [3.8, 4) is 0 Å². The van der Waals surface area contributed by atoms with Crippen LogP contribution in [0.2, 0.25) is 0 Å². The fourth-order valence-electron chi connectivity index (χ4n) is 6.13. The van der Waals surface area contributed by atoms with E-state index in [0.717, 1.165) is 18.6 Å². The number of ether oxygens (including phenoxy) is 1. The predicted octanol–water partition coefficient (Wildman–Crippen LogP) is 4.50. The van der Waals surface area contributed by atoms with Crippen molar-refractivity contribution in [1.29, 1.82) is 0 Å². The second-order valence-electron chi connectivity index (χ2n) is 10.1. The molecule has 7 nitrogen and oxygen atoms in total. The molecule has 4 heterocycles. The molecule has 2 atom stereocenters. The number of hydrogen-bond acceptors (Lipinski definition) is 5. The molecule has 7 rings (SSSR count). The lowest BCUT2D eigenvalue weighted by Gasteiger charge is -2.35. The third kappa shape index (κ3) is 3.32. The molecule has 3 aliphatic rings. The van der Waals surface area contributed by atoms with Crippen LogP contribution in [0.4, 0.5) is 14.5 Å². The lowest BCUT2D eigenvalue weighted by atomic mass is 9.83. The third-order valence-corrected chi connectivity index (χ3v) is 7.86. The van der Waals surface area contributed by atoms with Crippen LogP contribution in [0.1, 0.15) is 40.1 Å². The monoisotopic (exact) mass is 528 g/mol. The van der Waals surface area contributed by atoms with E-state index in [2.05, 4.69) is 0 Å². The van der Waals surface area contributed by atoms with E-state index in [1.807, 2.05) is 0 Å². The van der Waals surface area contributed by atoms with E-state index in [4.69, 9.17) is 9.15 Å². The number of fused-ring (bicyclic) bond motifs is 5. The molecule has 0 aliphatic carbocycles. The van der Waals surface area contributed by atoms with Crippen LogP contribution in [0, 0.1) is 11.6 Å². The Balaban J connectivity index is 1.49. The fourth-order valence-corrected chi connectivity index (χ4v) is 6.13. The first-order valence-corrected chi connectivity index (χ1v) is 12.8. The maximum atomic E-state index is 14.7. The van der Waals surface area contributed by atoms with Gasteiger partial charge in [0.2, 0.25) is 5.76 Å². The minimum Gasteiger partial charge on any atom is -0.450 e. The number of para-hydroxylation sites is 1. The zero-order chi connectivity index (χ0) is 26.9. The molecule has 2 amide bonds. The third-order valence-electron chi connectivity index (χ3n) is 7.86. The van der Waals surface area contributed by atoms with Gasteiger partial charge in [-0.1, -0.05) is 30.3 Å². The minimum atomic E-state index is -1.82. The number of rotatable bonds is 4. The summed E-state index contributed by atoms with van der Waals surface area (Å²) in [5, 5.41) is -0.0536. The van der Waals surface area contributed by atoms with Crippen LogP contribution in [0.3, 0.4) is 0 Å². The Hall–Kier alpha value is -4.37. The zero-order valence-corrected chi connectivity index (χ0v) is 20.7. The Kier molecular flexibility index (Phi) is 5.21. The Labute approximate surface area is 221 Å². The van der Waals surface area contributed by atoms with Crippen LogP contribution in [-0.2, 0) is 21.6 Å². The predicted molar refractivity (Wildman–Crippen MR) is 137 cm³/mol. The van der Waals surface area contributed by atoms with Gasteiger partial charge in [-0.3, -0.25) is 14.4 Å². The molecule has 2 unspecified atom stereocenters. The minimum absolute atomic E-state index is 0.0536. The summed E-state index contributed by atoms with van der Waals surface area (Å²) < 4.78 is 39.6. The fraction of sp³-hybridized carbons (Fsp3) is 0.233. The van der Waals surface area contributed by atoms with Crippen molar-refractivity contribution in [3.63, 3.8) is 0 Å².